The Labute approximate surface area is 158 Å². The van der Waals surface area contributed by atoms with Crippen LogP contribution in [-0.2, 0) is 9.59 Å². The van der Waals surface area contributed by atoms with E-state index in [4.69, 9.17) is 0 Å². The highest BCUT2D eigenvalue weighted by Crippen LogP contribution is 2.22. The molecule has 0 radical (unpaired) electrons. The summed E-state index contributed by atoms with van der Waals surface area (Å²) in [6.07, 6.45) is 1.86. The minimum atomic E-state index is -0.218. The Bertz CT molecular complexity index is 964. The number of anilines is 2. The van der Waals surface area contributed by atoms with Crippen molar-refractivity contribution in [3.8, 4) is 0 Å². The van der Waals surface area contributed by atoms with Crippen LogP contribution >= 0.6 is 0 Å². The van der Waals surface area contributed by atoms with Gasteiger partial charge in [-0.3, -0.25) is 9.59 Å². The summed E-state index contributed by atoms with van der Waals surface area (Å²) in [6.45, 7) is 1.45. The number of hydrogen-bond acceptors (Lipinski definition) is 2. The standard InChI is InChI=1S/C23H20N2O2/c1-17(26)24-20-13-8-14-21(16-20)25-23(27)22(19-11-6-3-7-12-19)15-18-9-4-2-5-10-18/h2-16H,1H3,(H,24,26)(H,25,27)/b22-15-. The minimum absolute atomic E-state index is 0.160. The third-order valence-electron chi connectivity index (χ3n) is 3.88. The van der Waals surface area contributed by atoms with E-state index in [0.717, 1.165) is 11.1 Å². The first-order valence-corrected chi connectivity index (χ1v) is 8.63. The molecule has 0 fully saturated rings. The minimum Gasteiger partial charge on any atom is -0.326 e. The topological polar surface area (TPSA) is 58.2 Å². The first-order chi connectivity index (χ1) is 13.1. The molecule has 3 rings (SSSR count). The molecule has 134 valence electrons. The molecule has 0 aromatic heterocycles. The maximum absolute atomic E-state index is 13.0. The monoisotopic (exact) mass is 356 g/mol. The van der Waals surface area contributed by atoms with Crippen molar-refractivity contribution in [3.63, 3.8) is 0 Å². The van der Waals surface area contributed by atoms with E-state index in [1.54, 1.807) is 24.3 Å². The van der Waals surface area contributed by atoms with Crippen molar-refractivity contribution in [3.05, 3.63) is 96.1 Å². The lowest BCUT2D eigenvalue weighted by Gasteiger charge is -2.11. The zero-order chi connectivity index (χ0) is 19.1. The normalized spacial score (nSPS) is 10.9. The number of rotatable bonds is 5. The molecular formula is C23H20N2O2. The second-order valence-electron chi connectivity index (χ2n) is 6.05. The fourth-order valence-electron chi connectivity index (χ4n) is 2.69. The largest absolute Gasteiger partial charge is 0.326 e. The maximum Gasteiger partial charge on any atom is 0.256 e. The fourth-order valence-corrected chi connectivity index (χ4v) is 2.69. The molecule has 0 aliphatic heterocycles. The zero-order valence-corrected chi connectivity index (χ0v) is 15.0. The van der Waals surface area contributed by atoms with Gasteiger partial charge in [-0.15, -0.1) is 0 Å². The molecular weight excluding hydrogens is 336 g/mol. The van der Waals surface area contributed by atoms with Crippen LogP contribution in [0.25, 0.3) is 11.6 Å². The van der Waals surface area contributed by atoms with Crippen molar-refractivity contribution in [2.45, 2.75) is 6.92 Å². The first kappa shape index (κ1) is 18.1. The Morgan fingerprint density at radius 3 is 1.96 bits per heavy atom. The van der Waals surface area contributed by atoms with E-state index in [2.05, 4.69) is 10.6 Å². The molecule has 0 spiro atoms. The molecule has 0 bridgehead atoms. The van der Waals surface area contributed by atoms with Gasteiger partial charge in [-0.05, 0) is 35.4 Å². The van der Waals surface area contributed by atoms with Gasteiger partial charge < -0.3 is 10.6 Å². The SMILES string of the molecule is CC(=O)Nc1cccc(NC(=O)/C(=C\c2ccccc2)c2ccccc2)c1. The first-order valence-electron chi connectivity index (χ1n) is 8.63. The molecule has 4 nitrogen and oxygen atoms in total. The van der Waals surface area contributed by atoms with Gasteiger partial charge in [0.05, 0.1) is 0 Å². The summed E-state index contributed by atoms with van der Waals surface area (Å²) in [5.41, 5.74) is 3.58. The van der Waals surface area contributed by atoms with E-state index in [9.17, 15) is 9.59 Å². The zero-order valence-electron chi connectivity index (χ0n) is 15.0. The van der Waals surface area contributed by atoms with Crippen molar-refractivity contribution in [2.24, 2.45) is 0 Å². The van der Waals surface area contributed by atoms with Gasteiger partial charge in [-0.2, -0.15) is 0 Å². The Hall–Kier alpha value is -3.66. The number of carbonyl (C=O) groups excluding carboxylic acids is 2. The van der Waals surface area contributed by atoms with Gasteiger partial charge >= 0.3 is 0 Å². The van der Waals surface area contributed by atoms with Crippen LogP contribution in [0.1, 0.15) is 18.1 Å². The molecule has 0 unspecified atom stereocenters. The second-order valence-corrected chi connectivity index (χ2v) is 6.05. The van der Waals surface area contributed by atoms with E-state index < -0.39 is 0 Å². The molecule has 0 aliphatic carbocycles. The highest BCUT2D eigenvalue weighted by Gasteiger charge is 2.13. The van der Waals surface area contributed by atoms with Crippen LogP contribution in [0.4, 0.5) is 11.4 Å². The average molecular weight is 356 g/mol. The van der Waals surface area contributed by atoms with Crippen molar-refractivity contribution >= 4 is 34.8 Å². The molecule has 0 heterocycles. The Balaban J connectivity index is 1.90. The van der Waals surface area contributed by atoms with Gasteiger partial charge in [-0.1, -0.05) is 66.7 Å². The summed E-state index contributed by atoms with van der Waals surface area (Å²) in [7, 11) is 0. The van der Waals surface area contributed by atoms with Crippen LogP contribution in [-0.4, -0.2) is 11.8 Å². The summed E-state index contributed by atoms with van der Waals surface area (Å²) in [4.78, 5) is 24.2. The lowest BCUT2D eigenvalue weighted by Crippen LogP contribution is -2.14. The summed E-state index contributed by atoms with van der Waals surface area (Å²) in [5.74, 6) is -0.377. The third-order valence-corrected chi connectivity index (χ3v) is 3.88. The predicted molar refractivity (Wildman–Crippen MR) is 110 cm³/mol. The van der Waals surface area contributed by atoms with Crippen LogP contribution in [0.5, 0.6) is 0 Å². The van der Waals surface area contributed by atoms with Gasteiger partial charge in [0.2, 0.25) is 5.91 Å². The van der Waals surface area contributed by atoms with Crippen molar-refractivity contribution in [1.29, 1.82) is 0 Å². The summed E-state index contributed by atoms with van der Waals surface area (Å²) < 4.78 is 0. The van der Waals surface area contributed by atoms with E-state index in [1.165, 1.54) is 6.92 Å². The van der Waals surface area contributed by atoms with Gasteiger partial charge in [0.25, 0.3) is 5.91 Å². The lowest BCUT2D eigenvalue weighted by atomic mass is 10.0. The number of carbonyl (C=O) groups is 2. The van der Waals surface area contributed by atoms with E-state index in [1.807, 2.05) is 66.7 Å². The van der Waals surface area contributed by atoms with Gasteiger partial charge in [0.1, 0.15) is 0 Å². The van der Waals surface area contributed by atoms with Crippen LogP contribution < -0.4 is 10.6 Å². The highest BCUT2D eigenvalue weighted by molar-refractivity contribution is 6.29. The number of benzene rings is 3. The smallest absolute Gasteiger partial charge is 0.256 e. The second kappa shape index (κ2) is 8.63. The van der Waals surface area contributed by atoms with Crippen molar-refractivity contribution in [2.75, 3.05) is 10.6 Å². The van der Waals surface area contributed by atoms with Crippen LogP contribution in [0.2, 0.25) is 0 Å². The van der Waals surface area contributed by atoms with Gasteiger partial charge in [0.15, 0.2) is 0 Å². The van der Waals surface area contributed by atoms with Gasteiger partial charge in [0, 0.05) is 23.9 Å². The molecule has 0 saturated heterocycles. The van der Waals surface area contributed by atoms with Crippen LogP contribution in [0.3, 0.4) is 0 Å². The third kappa shape index (κ3) is 5.16. The van der Waals surface area contributed by atoms with Crippen molar-refractivity contribution < 1.29 is 9.59 Å². The predicted octanol–water partition coefficient (Wildman–Crippen LogP) is 4.82. The molecule has 0 saturated carbocycles. The summed E-state index contributed by atoms with van der Waals surface area (Å²) in [5, 5.41) is 5.63. The van der Waals surface area contributed by atoms with Crippen LogP contribution in [0.15, 0.2) is 84.9 Å². The number of nitrogens with one attached hydrogen (secondary N) is 2. The molecule has 0 atom stereocenters. The Kier molecular flexibility index (Phi) is 5.80. The van der Waals surface area contributed by atoms with E-state index >= 15 is 0 Å². The Morgan fingerprint density at radius 1 is 0.741 bits per heavy atom. The Morgan fingerprint density at radius 2 is 1.33 bits per heavy atom. The summed E-state index contributed by atoms with van der Waals surface area (Å²) in [6, 6.07) is 26.3. The lowest BCUT2D eigenvalue weighted by molar-refractivity contribution is -0.114. The van der Waals surface area contributed by atoms with Crippen molar-refractivity contribution in [1.82, 2.24) is 0 Å². The maximum atomic E-state index is 13.0. The molecule has 2 amide bonds. The van der Waals surface area contributed by atoms with Gasteiger partial charge in [-0.25, -0.2) is 0 Å². The molecule has 4 heteroatoms. The van der Waals surface area contributed by atoms with Crippen LogP contribution in [0, 0.1) is 0 Å². The van der Waals surface area contributed by atoms with E-state index in [-0.39, 0.29) is 11.8 Å². The molecule has 2 N–H and O–H groups in total. The number of hydrogen-bond donors (Lipinski definition) is 2. The fraction of sp³-hybridized carbons (Fsp3) is 0.0435. The number of amides is 2. The van der Waals surface area contributed by atoms with E-state index in [0.29, 0.717) is 16.9 Å². The molecule has 3 aromatic rings. The molecule has 3 aromatic carbocycles. The summed E-state index contributed by atoms with van der Waals surface area (Å²) >= 11 is 0. The average Bonchev–Trinajstić information content (AvgIpc) is 2.67. The highest BCUT2D eigenvalue weighted by atomic mass is 16.2. The molecule has 27 heavy (non-hydrogen) atoms. The quantitative estimate of drug-likeness (QED) is 0.508. The molecule has 0 aliphatic rings.